The number of anilines is 1. The van der Waals surface area contributed by atoms with Crippen LogP contribution in [0.25, 0.3) is 0 Å². The van der Waals surface area contributed by atoms with Crippen LogP contribution in [0, 0.1) is 5.82 Å². The number of benzene rings is 4. The van der Waals surface area contributed by atoms with Crippen LogP contribution in [0.4, 0.5) is 10.1 Å². The van der Waals surface area contributed by atoms with E-state index in [0.29, 0.717) is 11.3 Å². The SMILES string of the molecule is COc1ccc(S(=O)(=O)N(CC(=O)N(Cc2ccc(F)cc2)C(Cc2ccccc2)C(=O)NC2CCCCC2)c2ccccc2OC)cc1. The van der Waals surface area contributed by atoms with Gasteiger partial charge in [-0.1, -0.05) is 73.9 Å². The normalized spacial score (nSPS) is 14.0. The van der Waals surface area contributed by atoms with Crippen molar-refractivity contribution in [2.24, 2.45) is 0 Å². The molecule has 4 aromatic rings. The number of nitrogens with one attached hydrogen (secondary N) is 1. The molecular weight excluding hydrogens is 645 g/mol. The van der Waals surface area contributed by atoms with Crippen molar-refractivity contribution in [3.8, 4) is 11.5 Å². The van der Waals surface area contributed by atoms with Gasteiger partial charge in [0, 0.05) is 19.0 Å². The van der Waals surface area contributed by atoms with Gasteiger partial charge in [0.1, 0.15) is 29.9 Å². The molecule has 1 fully saturated rings. The van der Waals surface area contributed by atoms with Gasteiger partial charge >= 0.3 is 0 Å². The highest BCUT2D eigenvalue weighted by atomic mass is 32.2. The molecule has 0 heterocycles. The molecule has 0 saturated heterocycles. The lowest BCUT2D eigenvalue weighted by atomic mass is 9.94. The molecule has 4 aromatic carbocycles. The van der Waals surface area contributed by atoms with Gasteiger partial charge in [-0.25, -0.2) is 12.8 Å². The van der Waals surface area contributed by atoms with E-state index in [-0.39, 0.29) is 41.2 Å². The number of amides is 2. The number of methoxy groups -OCH3 is 2. The summed E-state index contributed by atoms with van der Waals surface area (Å²) in [6.45, 7) is -0.699. The van der Waals surface area contributed by atoms with Gasteiger partial charge in [-0.05, 0) is 72.5 Å². The van der Waals surface area contributed by atoms with Crippen LogP contribution in [-0.2, 0) is 32.6 Å². The summed E-state index contributed by atoms with van der Waals surface area (Å²) in [5.41, 5.74) is 1.57. The summed E-state index contributed by atoms with van der Waals surface area (Å²) >= 11 is 0. The number of sulfonamides is 1. The van der Waals surface area contributed by atoms with Gasteiger partial charge in [-0.3, -0.25) is 13.9 Å². The highest BCUT2D eigenvalue weighted by Gasteiger charge is 2.36. The summed E-state index contributed by atoms with van der Waals surface area (Å²) in [6, 6.07) is 26.5. The fraction of sp³-hybridized carbons (Fsp3) is 0.316. The third-order valence-corrected chi connectivity index (χ3v) is 10.5. The van der Waals surface area contributed by atoms with Gasteiger partial charge in [0.15, 0.2) is 0 Å². The highest BCUT2D eigenvalue weighted by Crippen LogP contribution is 2.33. The van der Waals surface area contributed by atoms with Crippen molar-refractivity contribution in [2.45, 2.75) is 62.0 Å². The average molecular weight is 688 g/mol. The van der Waals surface area contributed by atoms with Crippen LogP contribution in [-0.4, -0.2) is 58.0 Å². The molecule has 49 heavy (non-hydrogen) atoms. The zero-order chi connectivity index (χ0) is 34.8. The third-order valence-electron chi connectivity index (χ3n) is 8.77. The van der Waals surface area contributed by atoms with E-state index in [1.54, 1.807) is 36.4 Å². The topological polar surface area (TPSA) is 105 Å². The predicted molar refractivity (Wildman–Crippen MR) is 186 cm³/mol. The molecule has 1 aliphatic carbocycles. The van der Waals surface area contributed by atoms with E-state index in [4.69, 9.17) is 9.47 Å². The lowest BCUT2D eigenvalue weighted by Gasteiger charge is -2.35. The van der Waals surface area contributed by atoms with Crippen molar-refractivity contribution in [3.63, 3.8) is 0 Å². The lowest BCUT2D eigenvalue weighted by molar-refractivity contribution is -0.140. The molecular formula is C38H42FN3O6S. The summed E-state index contributed by atoms with van der Waals surface area (Å²) in [4.78, 5) is 30.3. The van der Waals surface area contributed by atoms with Crippen molar-refractivity contribution < 1.29 is 31.9 Å². The van der Waals surface area contributed by atoms with Crippen LogP contribution in [0.1, 0.15) is 43.2 Å². The maximum atomic E-state index is 14.7. The standard InChI is InChI=1S/C38H42FN3O6S/c1-47-32-21-23-33(24-22-32)49(45,46)42(34-15-9-10-16-36(34)48-2)27-37(43)41(26-29-17-19-30(39)20-18-29)35(25-28-11-5-3-6-12-28)38(44)40-31-13-7-4-8-14-31/h3,5-6,9-12,15-24,31,35H,4,7-8,13-14,25-27H2,1-2H3,(H,40,44). The molecule has 0 radical (unpaired) electrons. The van der Waals surface area contributed by atoms with Gasteiger partial charge in [0.2, 0.25) is 11.8 Å². The Hall–Kier alpha value is -4.90. The van der Waals surface area contributed by atoms with Gasteiger partial charge in [-0.15, -0.1) is 0 Å². The number of carbonyl (C=O) groups is 2. The molecule has 0 aromatic heterocycles. The summed E-state index contributed by atoms with van der Waals surface area (Å²) < 4.78 is 54.4. The van der Waals surface area contributed by atoms with Gasteiger partial charge in [0.25, 0.3) is 10.0 Å². The Balaban J connectivity index is 1.58. The third kappa shape index (κ3) is 8.97. The molecule has 1 saturated carbocycles. The van der Waals surface area contributed by atoms with E-state index in [2.05, 4.69) is 5.32 Å². The largest absolute Gasteiger partial charge is 0.497 e. The van der Waals surface area contributed by atoms with Gasteiger partial charge < -0.3 is 19.7 Å². The minimum absolute atomic E-state index is 0.0252. The number of nitrogens with zero attached hydrogens (tertiary/aromatic N) is 2. The molecule has 1 unspecified atom stereocenters. The highest BCUT2D eigenvalue weighted by molar-refractivity contribution is 7.92. The number of rotatable bonds is 14. The monoisotopic (exact) mass is 687 g/mol. The molecule has 0 aliphatic heterocycles. The van der Waals surface area contributed by atoms with Crippen LogP contribution >= 0.6 is 0 Å². The van der Waals surface area contributed by atoms with Crippen molar-refractivity contribution in [2.75, 3.05) is 25.1 Å². The number of hydrogen-bond donors (Lipinski definition) is 1. The number of hydrogen-bond acceptors (Lipinski definition) is 6. The number of ether oxygens (including phenoxy) is 2. The van der Waals surface area contributed by atoms with E-state index < -0.39 is 34.3 Å². The second kappa shape index (κ2) is 16.5. The van der Waals surface area contributed by atoms with Crippen molar-refractivity contribution in [1.29, 1.82) is 0 Å². The van der Waals surface area contributed by atoms with E-state index in [0.717, 1.165) is 42.0 Å². The van der Waals surface area contributed by atoms with Gasteiger partial charge in [0.05, 0.1) is 24.8 Å². The molecule has 2 amide bonds. The van der Waals surface area contributed by atoms with Crippen LogP contribution in [0.2, 0.25) is 0 Å². The maximum absolute atomic E-state index is 14.7. The average Bonchev–Trinajstić information content (AvgIpc) is 3.13. The van der Waals surface area contributed by atoms with Crippen LogP contribution in [0.15, 0.2) is 108 Å². The van der Waals surface area contributed by atoms with Gasteiger partial charge in [-0.2, -0.15) is 0 Å². The smallest absolute Gasteiger partial charge is 0.264 e. The summed E-state index contributed by atoms with van der Waals surface area (Å²) in [5, 5.41) is 3.18. The minimum Gasteiger partial charge on any atom is -0.497 e. The van der Waals surface area contributed by atoms with Crippen molar-refractivity contribution in [3.05, 3.63) is 120 Å². The number of halogens is 1. The summed E-state index contributed by atoms with van der Waals surface area (Å²) in [6.07, 6.45) is 4.99. The molecule has 5 rings (SSSR count). The molecule has 0 spiro atoms. The van der Waals surface area contributed by atoms with Crippen LogP contribution in [0.5, 0.6) is 11.5 Å². The Kier molecular flexibility index (Phi) is 11.9. The van der Waals surface area contributed by atoms with Crippen LogP contribution < -0.4 is 19.1 Å². The second-order valence-corrected chi connectivity index (χ2v) is 13.9. The number of para-hydroxylation sites is 2. The van der Waals surface area contributed by atoms with E-state index in [1.165, 1.54) is 55.5 Å². The zero-order valence-electron chi connectivity index (χ0n) is 27.8. The maximum Gasteiger partial charge on any atom is 0.264 e. The van der Waals surface area contributed by atoms with E-state index in [9.17, 15) is 22.4 Å². The second-order valence-electron chi connectivity index (χ2n) is 12.1. The van der Waals surface area contributed by atoms with Crippen molar-refractivity contribution >= 4 is 27.5 Å². The first-order valence-corrected chi connectivity index (χ1v) is 17.8. The Morgan fingerprint density at radius 3 is 2.12 bits per heavy atom. The Morgan fingerprint density at radius 1 is 0.816 bits per heavy atom. The first kappa shape index (κ1) is 35.4. The minimum atomic E-state index is -4.35. The molecule has 1 atom stereocenters. The predicted octanol–water partition coefficient (Wildman–Crippen LogP) is 6.13. The van der Waals surface area contributed by atoms with E-state index >= 15 is 0 Å². The molecule has 11 heteroatoms. The Labute approximate surface area is 287 Å². The molecule has 9 nitrogen and oxygen atoms in total. The van der Waals surface area contributed by atoms with Crippen molar-refractivity contribution in [1.82, 2.24) is 10.2 Å². The molecule has 1 aliphatic rings. The fourth-order valence-electron chi connectivity index (χ4n) is 6.11. The van der Waals surface area contributed by atoms with Crippen LogP contribution in [0.3, 0.4) is 0 Å². The number of carbonyl (C=O) groups excluding carboxylic acids is 2. The molecule has 258 valence electrons. The molecule has 0 bridgehead atoms. The fourth-order valence-corrected chi connectivity index (χ4v) is 7.53. The van der Waals surface area contributed by atoms with E-state index in [1.807, 2.05) is 30.3 Å². The Morgan fingerprint density at radius 2 is 1.47 bits per heavy atom. The quantitative estimate of drug-likeness (QED) is 0.171. The lowest BCUT2D eigenvalue weighted by Crippen LogP contribution is -2.55. The summed E-state index contributed by atoms with van der Waals surface area (Å²) in [7, 11) is -1.44. The first-order chi connectivity index (χ1) is 23.7. The summed E-state index contributed by atoms with van der Waals surface area (Å²) in [5.74, 6) is -0.670. The molecule has 1 N–H and O–H groups in total. The zero-order valence-corrected chi connectivity index (χ0v) is 28.6. The Bertz CT molecular complexity index is 1800. The first-order valence-electron chi connectivity index (χ1n) is 16.4.